The summed E-state index contributed by atoms with van der Waals surface area (Å²) >= 11 is 0. The summed E-state index contributed by atoms with van der Waals surface area (Å²) in [6.07, 6.45) is 1.61. The van der Waals surface area contributed by atoms with E-state index in [1.807, 2.05) is 0 Å². The predicted octanol–water partition coefficient (Wildman–Crippen LogP) is 1.09. The van der Waals surface area contributed by atoms with E-state index in [2.05, 4.69) is 5.32 Å². The molecule has 2 unspecified atom stereocenters. The van der Waals surface area contributed by atoms with Crippen LogP contribution in [0.2, 0.25) is 0 Å². The first-order chi connectivity index (χ1) is 9.00. The lowest BCUT2D eigenvalue weighted by Gasteiger charge is -2.34. The second-order valence-corrected chi connectivity index (χ2v) is 6.80. The van der Waals surface area contributed by atoms with Gasteiger partial charge in [0.2, 0.25) is 10.0 Å². The Hall–Kier alpha value is -1.05. The fourth-order valence-electron chi connectivity index (χ4n) is 2.89. The van der Waals surface area contributed by atoms with Crippen molar-refractivity contribution in [3.8, 4) is 0 Å². The molecule has 4 nitrogen and oxygen atoms in total. The van der Waals surface area contributed by atoms with E-state index in [9.17, 15) is 17.2 Å². The number of hydrogen-bond acceptors (Lipinski definition) is 3. The highest BCUT2D eigenvalue weighted by Crippen LogP contribution is 2.33. The molecule has 1 N–H and O–H groups in total. The van der Waals surface area contributed by atoms with Gasteiger partial charge in [0.15, 0.2) is 11.6 Å². The van der Waals surface area contributed by atoms with Crippen LogP contribution in [0.3, 0.4) is 0 Å². The van der Waals surface area contributed by atoms with Gasteiger partial charge >= 0.3 is 0 Å². The Morgan fingerprint density at radius 1 is 1.11 bits per heavy atom. The molecule has 0 spiro atoms. The van der Waals surface area contributed by atoms with Crippen molar-refractivity contribution < 1.29 is 17.2 Å². The average Bonchev–Trinajstić information content (AvgIpc) is 2.64. The summed E-state index contributed by atoms with van der Waals surface area (Å²) in [5.41, 5.74) is 0. The highest BCUT2D eigenvalue weighted by Gasteiger charge is 2.44. The second-order valence-electron chi connectivity index (χ2n) is 4.95. The minimum atomic E-state index is -3.75. The van der Waals surface area contributed by atoms with Crippen LogP contribution in [0.4, 0.5) is 8.78 Å². The van der Waals surface area contributed by atoms with Crippen LogP contribution in [0.15, 0.2) is 23.1 Å². The van der Waals surface area contributed by atoms with Crippen LogP contribution < -0.4 is 5.32 Å². The highest BCUT2D eigenvalue weighted by molar-refractivity contribution is 7.89. The monoisotopic (exact) mass is 288 g/mol. The Bertz CT molecular complexity index is 590. The van der Waals surface area contributed by atoms with Crippen molar-refractivity contribution in [3.05, 3.63) is 29.8 Å². The number of hydrogen-bond donors (Lipinski definition) is 1. The van der Waals surface area contributed by atoms with E-state index >= 15 is 0 Å². The lowest BCUT2D eigenvalue weighted by atomic mass is 10.2. The van der Waals surface area contributed by atoms with Crippen molar-refractivity contribution in [3.63, 3.8) is 0 Å². The fraction of sp³-hybridized carbons (Fsp3) is 0.500. The summed E-state index contributed by atoms with van der Waals surface area (Å²) in [5.74, 6) is -2.18. The van der Waals surface area contributed by atoms with E-state index in [1.165, 1.54) is 4.31 Å². The molecule has 2 aliphatic heterocycles. The van der Waals surface area contributed by atoms with Gasteiger partial charge < -0.3 is 5.32 Å². The number of halogens is 2. The third-order valence-electron chi connectivity index (χ3n) is 3.78. The minimum absolute atomic E-state index is 0.0862. The lowest BCUT2D eigenvalue weighted by molar-refractivity contribution is 0.263. The Balaban J connectivity index is 2.00. The maximum absolute atomic E-state index is 13.2. The van der Waals surface area contributed by atoms with Crippen LogP contribution in [0.5, 0.6) is 0 Å². The van der Waals surface area contributed by atoms with Crippen molar-refractivity contribution in [2.45, 2.75) is 29.8 Å². The summed E-state index contributed by atoms with van der Waals surface area (Å²) in [5, 5.41) is 3.18. The van der Waals surface area contributed by atoms with Gasteiger partial charge in [-0.15, -0.1) is 0 Å². The maximum atomic E-state index is 13.2. The van der Waals surface area contributed by atoms with Crippen molar-refractivity contribution in [2.24, 2.45) is 0 Å². The molecule has 2 aliphatic rings. The predicted molar refractivity (Wildman–Crippen MR) is 65.1 cm³/mol. The summed E-state index contributed by atoms with van der Waals surface area (Å²) in [4.78, 5) is -0.176. The molecular formula is C12H14F2N2O2S. The van der Waals surface area contributed by atoms with Crippen molar-refractivity contribution in [1.82, 2.24) is 9.62 Å². The van der Waals surface area contributed by atoms with Gasteiger partial charge in [-0.2, -0.15) is 4.31 Å². The lowest BCUT2D eigenvalue weighted by Crippen LogP contribution is -2.53. The number of sulfonamides is 1. The first kappa shape index (κ1) is 13.0. The highest BCUT2D eigenvalue weighted by atomic mass is 32.2. The van der Waals surface area contributed by atoms with Gasteiger partial charge in [0.1, 0.15) is 0 Å². The molecule has 2 atom stereocenters. The molecule has 2 heterocycles. The molecule has 1 aromatic carbocycles. The largest absolute Gasteiger partial charge is 0.314 e. The molecule has 0 radical (unpaired) electrons. The SMILES string of the molecule is O=S(=O)(c1ccc(F)c(F)c1)N1C2CCC1CNC2. The third-order valence-corrected chi connectivity index (χ3v) is 5.78. The molecule has 0 amide bonds. The smallest absolute Gasteiger partial charge is 0.243 e. The number of benzene rings is 1. The van der Waals surface area contributed by atoms with E-state index in [4.69, 9.17) is 0 Å². The summed E-state index contributed by atoms with van der Waals surface area (Å²) in [6.45, 7) is 1.22. The van der Waals surface area contributed by atoms with Crippen molar-refractivity contribution >= 4 is 10.0 Å². The Labute approximate surface area is 110 Å². The van der Waals surface area contributed by atoms with Crippen LogP contribution >= 0.6 is 0 Å². The van der Waals surface area contributed by atoms with Gasteiger partial charge in [0.25, 0.3) is 0 Å². The number of fused-ring (bicyclic) bond motifs is 2. The molecule has 19 heavy (non-hydrogen) atoms. The summed E-state index contributed by atoms with van der Waals surface area (Å²) < 4.78 is 52.6. The van der Waals surface area contributed by atoms with E-state index in [0.717, 1.165) is 31.0 Å². The molecule has 104 valence electrons. The Morgan fingerprint density at radius 2 is 1.74 bits per heavy atom. The molecule has 0 aromatic heterocycles. The van der Waals surface area contributed by atoms with Crippen LogP contribution in [0.25, 0.3) is 0 Å². The summed E-state index contributed by atoms with van der Waals surface area (Å²) in [6, 6.07) is 2.56. The normalized spacial score (nSPS) is 27.7. The standard InChI is InChI=1S/C12H14F2N2O2S/c13-11-4-3-10(5-12(11)14)19(17,18)16-8-1-2-9(16)7-15-6-8/h3-5,8-9,15H,1-2,6-7H2. The first-order valence-corrected chi connectivity index (χ1v) is 7.63. The molecular weight excluding hydrogens is 274 g/mol. The Morgan fingerprint density at radius 3 is 2.32 bits per heavy atom. The van der Waals surface area contributed by atoms with Gasteiger partial charge in [-0.25, -0.2) is 17.2 Å². The van der Waals surface area contributed by atoms with Gasteiger partial charge in [0.05, 0.1) is 4.90 Å². The molecule has 7 heteroatoms. The van der Waals surface area contributed by atoms with E-state index in [0.29, 0.717) is 13.1 Å². The molecule has 2 fully saturated rings. The van der Waals surface area contributed by atoms with Gasteiger partial charge in [0, 0.05) is 25.2 Å². The van der Waals surface area contributed by atoms with Crippen LogP contribution in [0.1, 0.15) is 12.8 Å². The quantitative estimate of drug-likeness (QED) is 0.886. The van der Waals surface area contributed by atoms with Crippen molar-refractivity contribution in [1.29, 1.82) is 0 Å². The third kappa shape index (κ3) is 2.05. The molecule has 2 saturated heterocycles. The van der Waals surface area contributed by atoms with E-state index in [-0.39, 0.29) is 17.0 Å². The zero-order valence-electron chi connectivity index (χ0n) is 10.1. The molecule has 0 saturated carbocycles. The van der Waals surface area contributed by atoms with Crippen LogP contribution in [-0.4, -0.2) is 37.9 Å². The first-order valence-electron chi connectivity index (χ1n) is 6.19. The average molecular weight is 288 g/mol. The van der Waals surface area contributed by atoms with E-state index in [1.54, 1.807) is 0 Å². The maximum Gasteiger partial charge on any atom is 0.243 e. The molecule has 1 aromatic rings. The zero-order valence-corrected chi connectivity index (χ0v) is 11.0. The van der Waals surface area contributed by atoms with Crippen LogP contribution in [-0.2, 0) is 10.0 Å². The number of nitrogens with one attached hydrogen (secondary N) is 1. The zero-order chi connectivity index (χ0) is 13.6. The van der Waals surface area contributed by atoms with Gasteiger partial charge in [-0.05, 0) is 31.0 Å². The number of rotatable bonds is 2. The fourth-order valence-corrected chi connectivity index (χ4v) is 4.77. The molecule has 0 aliphatic carbocycles. The molecule has 3 rings (SSSR count). The van der Waals surface area contributed by atoms with Crippen LogP contribution in [0, 0.1) is 11.6 Å². The number of nitrogens with zero attached hydrogens (tertiary/aromatic N) is 1. The van der Waals surface area contributed by atoms with E-state index < -0.39 is 21.7 Å². The van der Waals surface area contributed by atoms with Crippen molar-refractivity contribution in [2.75, 3.05) is 13.1 Å². The summed E-state index contributed by atoms with van der Waals surface area (Å²) in [7, 11) is -3.75. The Kier molecular flexibility index (Phi) is 3.07. The molecule has 2 bridgehead atoms. The number of piperazine rings is 1. The second kappa shape index (κ2) is 4.50. The van der Waals surface area contributed by atoms with Gasteiger partial charge in [-0.1, -0.05) is 0 Å². The van der Waals surface area contributed by atoms with Gasteiger partial charge in [-0.3, -0.25) is 0 Å². The topological polar surface area (TPSA) is 49.4 Å². The minimum Gasteiger partial charge on any atom is -0.314 e.